The van der Waals surface area contributed by atoms with Gasteiger partial charge in [0.05, 0.1) is 11.8 Å². The number of aliphatic carboxylic acids is 2. The van der Waals surface area contributed by atoms with Crippen LogP contribution < -0.4 is 0 Å². The molecule has 0 aromatic heterocycles. The van der Waals surface area contributed by atoms with Crippen molar-refractivity contribution < 1.29 is 19.8 Å². The third-order valence-corrected chi connectivity index (χ3v) is 8.32. The van der Waals surface area contributed by atoms with Crippen molar-refractivity contribution in [3.8, 4) is 0 Å². The third-order valence-electron chi connectivity index (χ3n) is 8.32. The molecule has 0 rings (SSSR count). The van der Waals surface area contributed by atoms with Crippen LogP contribution in [0.25, 0.3) is 0 Å². The molecule has 0 unspecified atom stereocenters. The molecule has 0 aromatic rings. The number of carboxylic acid groups (broad SMARTS) is 2. The minimum absolute atomic E-state index is 0.240. The first-order valence-electron chi connectivity index (χ1n) is 16.6. The summed E-state index contributed by atoms with van der Waals surface area (Å²) in [6, 6.07) is 0. The largest absolute Gasteiger partial charge is 0.481 e. The van der Waals surface area contributed by atoms with Crippen molar-refractivity contribution >= 4 is 11.9 Å². The van der Waals surface area contributed by atoms with E-state index in [9.17, 15) is 19.8 Å². The summed E-state index contributed by atoms with van der Waals surface area (Å²) >= 11 is 0. The van der Waals surface area contributed by atoms with Gasteiger partial charge in [0.15, 0.2) is 0 Å². The topological polar surface area (TPSA) is 74.6 Å². The molecule has 0 radical (unpaired) electrons. The summed E-state index contributed by atoms with van der Waals surface area (Å²) in [5, 5.41) is 19.4. The Morgan fingerprint density at radius 1 is 0.474 bits per heavy atom. The molecule has 0 atom stereocenters. The van der Waals surface area contributed by atoms with Crippen molar-refractivity contribution in [3.05, 3.63) is 0 Å². The van der Waals surface area contributed by atoms with Gasteiger partial charge in [0, 0.05) is 0 Å². The van der Waals surface area contributed by atoms with Gasteiger partial charge in [-0.3, -0.25) is 9.59 Å². The van der Waals surface area contributed by atoms with E-state index in [1.165, 1.54) is 103 Å². The van der Waals surface area contributed by atoms with Crippen LogP contribution in [-0.4, -0.2) is 22.2 Å². The zero-order valence-corrected chi connectivity index (χ0v) is 26.0. The molecule has 4 nitrogen and oxygen atoms in total. The van der Waals surface area contributed by atoms with Crippen molar-refractivity contribution in [2.75, 3.05) is 0 Å². The normalized spacial score (nSPS) is 12.1. The summed E-state index contributed by atoms with van der Waals surface area (Å²) in [5.74, 6) is -0.248. The maximum absolute atomic E-state index is 12.2. The second-order valence-corrected chi connectivity index (χ2v) is 13.1. The predicted octanol–water partition coefficient (Wildman–Crippen LogP) is 11.2. The molecule has 0 aliphatic carbocycles. The Bertz CT molecular complexity index is 523. The van der Waals surface area contributed by atoms with Gasteiger partial charge in [0.1, 0.15) is 0 Å². The first kappa shape index (κ1) is 36.9. The lowest BCUT2D eigenvalue weighted by Crippen LogP contribution is -2.33. The quantitative estimate of drug-likeness (QED) is 0.0928. The van der Waals surface area contributed by atoms with Crippen LogP contribution in [0, 0.1) is 17.3 Å². The lowest BCUT2D eigenvalue weighted by Gasteiger charge is -2.28. The van der Waals surface area contributed by atoms with E-state index in [-0.39, 0.29) is 6.42 Å². The number of unbranched alkanes of at least 4 members (excludes halogenated alkanes) is 18. The van der Waals surface area contributed by atoms with Crippen LogP contribution >= 0.6 is 0 Å². The van der Waals surface area contributed by atoms with E-state index in [0.29, 0.717) is 12.8 Å². The Balaban J connectivity index is 4.01. The Morgan fingerprint density at radius 2 is 0.737 bits per heavy atom. The Hall–Kier alpha value is -1.06. The Morgan fingerprint density at radius 3 is 0.974 bits per heavy atom. The first-order valence-corrected chi connectivity index (χ1v) is 16.6. The van der Waals surface area contributed by atoms with Crippen LogP contribution in [-0.2, 0) is 9.59 Å². The van der Waals surface area contributed by atoms with E-state index in [0.717, 1.165) is 50.4 Å². The maximum Gasteiger partial charge on any atom is 0.310 e. The lowest BCUT2D eigenvalue weighted by atomic mass is 9.75. The highest BCUT2D eigenvalue weighted by Gasteiger charge is 2.39. The molecular formula is C34H66O4. The van der Waals surface area contributed by atoms with E-state index < -0.39 is 17.4 Å². The second kappa shape index (κ2) is 24.9. The Labute approximate surface area is 237 Å². The molecule has 226 valence electrons. The van der Waals surface area contributed by atoms with Crippen LogP contribution in [0.15, 0.2) is 0 Å². The van der Waals surface area contributed by atoms with Gasteiger partial charge in [-0.05, 0) is 24.7 Å². The van der Waals surface area contributed by atoms with E-state index in [1.807, 2.05) is 0 Å². The molecule has 0 saturated carbocycles. The molecule has 0 bridgehead atoms. The zero-order chi connectivity index (χ0) is 28.5. The molecule has 2 N–H and O–H groups in total. The van der Waals surface area contributed by atoms with Crippen LogP contribution in [0.5, 0.6) is 0 Å². The minimum Gasteiger partial charge on any atom is -0.481 e. The van der Waals surface area contributed by atoms with E-state index in [2.05, 4.69) is 27.7 Å². The highest BCUT2D eigenvalue weighted by molar-refractivity contribution is 5.81. The lowest BCUT2D eigenvalue weighted by molar-refractivity contribution is -0.157. The van der Waals surface area contributed by atoms with Gasteiger partial charge in [-0.25, -0.2) is 0 Å². The fourth-order valence-electron chi connectivity index (χ4n) is 5.74. The second-order valence-electron chi connectivity index (χ2n) is 13.1. The number of carbonyl (C=O) groups is 2. The summed E-state index contributed by atoms with van der Waals surface area (Å²) in [6.45, 7) is 9.17. The van der Waals surface area contributed by atoms with Crippen molar-refractivity contribution in [1.82, 2.24) is 0 Å². The molecule has 0 fully saturated rings. The third kappa shape index (κ3) is 22.9. The Kier molecular flexibility index (Phi) is 24.2. The van der Waals surface area contributed by atoms with E-state index in [4.69, 9.17) is 0 Å². The van der Waals surface area contributed by atoms with Crippen molar-refractivity contribution in [2.45, 2.75) is 188 Å². The first-order chi connectivity index (χ1) is 18.2. The highest BCUT2D eigenvalue weighted by Crippen LogP contribution is 2.36. The average Bonchev–Trinajstić information content (AvgIpc) is 2.84. The van der Waals surface area contributed by atoms with Gasteiger partial charge in [0.25, 0.3) is 0 Å². The minimum atomic E-state index is -1.09. The fraction of sp³-hybridized carbons (Fsp3) is 0.941. The number of rotatable bonds is 29. The van der Waals surface area contributed by atoms with Crippen LogP contribution in [0.3, 0.4) is 0 Å². The molecule has 0 aliphatic heterocycles. The summed E-state index contributed by atoms with van der Waals surface area (Å²) < 4.78 is 0. The highest BCUT2D eigenvalue weighted by atomic mass is 16.4. The standard InChI is InChI=1S/C34H66O4/c1-30(2)25-21-17-13-9-5-7-11-15-19-23-27-34(33(37)38,29-32(35)36)28-24-20-16-12-8-6-10-14-18-22-26-31(3)4/h30-31H,5-29H2,1-4H3,(H,35,36)(H,37,38). The fourth-order valence-corrected chi connectivity index (χ4v) is 5.74. The number of hydrogen-bond donors (Lipinski definition) is 2. The molecule has 0 saturated heterocycles. The molecule has 0 heterocycles. The van der Waals surface area contributed by atoms with Crippen molar-refractivity contribution in [1.29, 1.82) is 0 Å². The zero-order valence-electron chi connectivity index (χ0n) is 26.0. The number of carboxylic acids is 2. The summed E-state index contributed by atoms with van der Waals surface area (Å²) in [4.78, 5) is 23.7. The molecule has 0 aliphatic rings. The predicted molar refractivity (Wildman–Crippen MR) is 163 cm³/mol. The maximum atomic E-state index is 12.2. The van der Waals surface area contributed by atoms with Gasteiger partial charge < -0.3 is 10.2 Å². The van der Waals surface area contributed by atoms with Crippen molar-refractivity contribution in [3.63, 3.8) is 0 Å². The van der Waals surface area contributed by atoms with Crippen LogP contribution in [0.1, 0.15) is 188 Å². The molecule has 0 aromatic carbocycles. The van der Waals surface area contributed by atoms with Gasteiger partial charge in [-0.2, -0.15) is 0 Å². The SMILES string of the molecule is CC(C)CCCCCCCCCCCCC(CCCCCCCCCCCCC(C)C)(CC(=O)O)C(=O)O. The smallest absolute Gasteiger partial charge is 0.310 e. The van der Waals surface area contributed by atoms with Gasteiger partial charge in [0.2, 0.25) is 0 Å². The molecule has 0 spiro atoms. The van der Waals surface area contributed by atoms with Crippen molar-refractivity contribution in [2.24, 2.45) is 17.3 Å². The van der Waals surface area contributed by atoms with Crippen LogP contribution in [0.2, 0.25) is 0 Å². The van der Waals surface area contributed by atoms with E-state index >= 15 is 0 Å². The molecule has 0 amide bonds. The molecule has 4 heteroatoms. The summed E-state index contributed by atoms with van der Waals surface area (Å²) in [7, 11) is 0. The van der Waals surface area contributed by atoms with Crippen LogP contribution in [0.4, 0.5) is 0 Å². The van der Waals surface area contributed by atoms with Gasteiger partial charge >= 0.3 is 11.9 Å². The van der Waals surface area contributed by atoms with E-state index in [1.54, 1.807) is 0 Å². The van der Waals surface area contributed by atoms with Gasteiger partial charge in [-0.1, -0.05) is 169 Å². The summed E-state index contributed by atoms with van der Waals surface area (Å²) in [6.07, 6.45) is 27.8. The average molecular weight is 539 g/mol. The number of hydrogen-bond acceptors (Lipinski definition) is 2. The molecule has 38 heavy (non-hydrogen) atoms. The van der Waals surface area contributed by atoms with Gasteiger partial charge in [-0.15, -0.1) is 0 Å². The summed E-state index contributed by atoms with van der Waals surface area (Å²) in [5.41, 5.74) is -1.09. The monoisotopic (exact) mass is 538 g/mol. The molecular weight excluding hydrogens is 472 g/mol.